The van der Waals surface area contributed by atoms with E-state index in [-0.39, 0.29) is 29.5 Å². The molecule has 0 aromatic carbocycles. The molecular weight excluding hydrogens is 428 g/mol. The molecule has 2 saturated carbocycles. The Labute approximate surface area is 190 Å². The highest BCUT2D eigenvalue weighted by Gasteiger charge is 2.35. The molecule has 1 heterocycles. The third kappa shape index (κ3) is 6.06. The van der Waals surface area contributed by atoms with Crippen molar-refractivity contribution < 1.29 is 18.0 Å². The van der Waals surface area contributed by atoms with Crippen LogP contribution in [0.1, 0.15) is 87.4 Å². The van der Waals surface area contributed by atoms with Gasteiger partial charge in [0, 0.05) is 18.0 Å². The minimum absolute atomic E-state index is 0.0172. The average Bonchev–Trinajstić information content (AvgIpc) is 2.75. The van der Waals surface area contributed by atoms with Crippen LogP contribution in [-0.4, -0.2) is 41.5 Å². The summed E-state index contributed by atoms with van der Waals surface area (Å²) in [5.41, 5.74) is 0.0205. The fourth-order valence-electron chi connectivity index (χ4n) is 4.20. The van der Waals surface area contributed by atoms with Crippen LogP contribution in [0, 0.1) is 24.2 Å². The number of sulfonamides is 1. The molecule has 0 aliphatic heterocycles. The van der Waals surface area contributed by atoms with Gasteiger partial charge in [0.15, 0.2) is 0 Å². The molecule has 1 atom stereocenters. The summed E-state index contributed by atoms with van der Waals surface area (Å²) in [6.07, 6.45) is 12.9. The Hall–Kier alpha value is -2.47. The second-order valence-corrected chi connectivity index (χ2v) is 11.1. The largest absolute Gasteiger partial charge is 0.342 e. The van der Waals surface area contributed by atoms with E-state index in [1.54, 1.807) is 0 Å². The van der Waals surface area contributed by atoms with E-state index in [1.807, 2.05) is 13.8 Å². The average molecular weight is 461 g/mol. The molecule has 174 valence electrons. The van der Waals surface area contributed by atoms with Gasteiger partial charge in [0.05, 0.1) is 11.3 Å². The fourth-order valence-corrected chi connectivity index (χ4v) is 5.62. The second-order valence-electron chi connectivity index (χ2n) is 9.17. The first-order valence-electron chi connectivity index (χ1n) is 11.3. The Morgan fingerprint density at radius 2 is 1.88 bits per heavy atom. The van der Waals surface area contributed by atoms with Crippen LogP contribution in [0.4, 0.5) is 0 Å². The zero-order valence-corrected chi connectivity index (χ0v) is 19.5. The van der Waals surface area contributed by atoms with Gasteiger partial charge in [-0.15, -0.1) is 6.42 Å². The normalized spacial score (nSPS) is 22.4. The van der Waals surface area contributed by atoms with Gasteiger partial charge in [-0.3, -0.25) is 9.59 Å². The highest BCUT2D eigenvalue weighted by Crippen LogP contribution is 2.31. The van der Waals surface area contributed by atoms with E-state index in [0.29, 0.717) is 37.4 Å². The summed E-state index contributed by atoms with van der Waals surface area (Å²) in [7, 11) is -3.88. The zero-order chi connectivity index (χ0) is 23.3. The number of hydrogen-bond acceptors (Lipinski definition) is 6. The van der Waals surface area contributed by atoms with Crippen LogP contribution in [-0.2, 0) is 14.8 Å². The summed E-state index contributed by atoms with van der Waals surface area (Å²) in [5.74, 6) is 2.63. The van der Waals surface area contributed by atoms with Crippen molar-refractivity contribution in [2.45, 2.75) is 82.4 Å². The van der Waals surface area contributed by atoms with Gasteiger partial charge in [-0.25, -0.2) is 23.1 Å². The first-order chi connectivity index (χ1) is 15.2. The number of amides is 2. The van der Waals surface area contributed by atoms with Crippen molar-refractivity contribution in [2.75, 3.05) is 0 Å². The van der Waals surface area contributed by atoms with Gasteiger partial charge in [-0.1, -0.05) is 39.0 Å². The minimum atomic E-state index is -3.88. The number of rotatable bonds is 8. The summed E-state index contributed by atoms with van der Waals surface area (Å²) in [6.45, 7) is 3.78. The molecule has 1 aromatic heterocycles. The SMILES string of the molecule is C#CC(CC1CCC1)NC(=O)C1CCC(S(=O)(=O)NC(=O)c2ccnc(C(C)C)n2)CC1. The number of nitrogens with one attached hydrogen (secondary N) is 2. The van der Waals surface area contributed by atoms with Crippen molar-refractivity contribution in [1.29, 1.82) is 0 Å². The van der Waals surface area contributed by atoms with Crippen molar-refractivity contribution in [2.24, 2.45) is 11.8 Å². The first kappa shape index (κ1) is 24.2. The minimum Gasteiger partial charge on any atom is -0.342 e. The molecule has 2 N–H and O–H groups in total. The number of nitrogens with zero attached hydrogens (tertiary/aromatic N) is 2. The van der Waals surface area contributed by atoms with Crippen LogP contribution in [0.3, 0.4) is 0 Å². The molecule has 0 bridgehead atoms. The van der Waals surface area contributed by atoms with E-state index < -0.39 is 21.2 Å². The number of terminal acetylenes is 1. The van der Waals surface area contributed by atoms with Crippen molar-refractivity contribution in [3.05, 3.63) is 23.8 Å². The topological polar surface area (TPSA) is 118 Å². The van der Waals surface area contributed by atoms with Gasteiger partial charge in [0.1, 0.15) is 11.5 Å². The molecule has 2 aliphatic carbocycles. The lowest BCUT2D eigenvalue weighted by atomic mass is 9.80. The summed E-state index contributed by atoms with van der Waals surface area (Å²) in [4.78, 5) is 33.3. The number of hydrogen-bond donors (Lipinski definition) is 2. The Bertz CT molecular complexity index is 974. The van der Waals surface area contributed by atoms with Crippen molar-refractivity contribution in [1.82, 2.24) is 20.0 Å². The molecule has 2 fully saturated rings. The lowest BCUT2D eigenvalue weighted by molar-refractivity contribution is -0.126. The predicted octanol–water partition coefficient (Wildman–Crippen LogP) is 2.53. The Balaban J connectivity index is 1.52. The molecule has 1 aromatic rings. The number of aromatic nitrogens is 2. The van der Waals surface area contributed by atoms with E-state index in [1.165, 1.54) is 18.7 Å². The second kappa shape index (κ2) is 10.4. The van der Waals surface area contributed by atoms with E-state index in [4.69, 9.17) is 6.42 Å². The monoisotopic (exact) mass is 460 g/mol. The van der Waals surface area contributed by atoms with Crippen LogP contribution in [0.15, 0.2) is 12.3 Å². The van der Waals surface area contributed by atoms with Crippen LogP contribution in [0.2, 0.25) is 0 Å². The van der Waals surface area contributed by atoms with Crippen LogP contribution >= 0.6 is 0 Å². The highest BCUT2D eigenvalue weighted by molar-refractivity contribution is 7.90. The molecule has 0 saturated heterocycles. The Morgan fingerprint density at radius 1 is 1.19 bits per heavy atom. The van der Waals surface area contributed by atoms with E-state index in [0.717, 1.165) is 19.3 Å². The Kier molecular flexibility index (Phi) is 7.88. The molecule has 1 unspecified atom stereocenters. The third-order valence-electron chi connectivity index (χ3n) is 6.45. The van der Waals surface area contributed by atoms with Crippen molar-refractivity contribution in [3.63, 3.8) is 0 Å². The standard InChI is InChI=1S/C23H32N4O4S/c1-4-18(14-16-6-5-7-16)25-22(28)17-8-10-19(11-9-17)32(30,31)27-23(29)20-12-13-24-21(26-20)15(2)3/h1,12-13,15-19H,5-11,14H2,2-3H3,(H,25,28)(H,27,29). The molecule has 3 rings (SSSR count). The van der Waals surface area contributed by atoms with E-state index in [2.05, 4.69) is 25.9 Å². The molecule has 8 nitrogen and oxygen atoms in total. The summed E-state index contributed by atoms with van der Waals surface area (Å²) < 4.78 is 27.6. The first-order valence-corrected chi connectivity index (χ1v) is 12.9. The van der Waals surface area contributed by atoms with Gasteiger partial charge >= 0.3 is 0 Å². The van der Waals surface area contributed by atoms with Gasteiger partial charge in [0.2, 0.25) is 15.9 Å². The molecule has 2 aliphatic rings. The van der Waals surface area contributed by atoms with Crippen molar-refractivity contribution >= 4 is 21.8 Å². The summed E-state index contributed by atoms with van der Waals surface area (Å²) >= 11 is 0. The third-order valence-corrected chi connectivity index (χ3v) is 8.27. The van der Waals surface area contributed by atoms with Crippen LogP contribution in [0.5, 0.6) is 0 Å². The van der Waals surface area contributed by atoms with Crippen molar-refractivity contribution in [3.8, 4) is 12.3 Å². The van der Waals surface area contributed by atoms with E-state index >= 15 is 0 Å². The zero-order valence-electron chi connectivity index (χ0n) is 18.7. The van der Waals surface area contributed by atoms with Gasteiger partial charge in [0.25, 0.3) is 5.91 Å². The lowest BCUT2D eigenvalue weighted by Gasteiger charge is -2.30. The maximum atomic E-state index is 12.7. The van der Waals surface area contributed by atoms with Gasteiger partial charge in [-0.2, -0.15) is 0 Å². The fraction of sp³-hybridized carbons (Fsp3) is 0.652. The Morgan fingerprint density at radius 3 is 2.44 bits per heavy atom. The molecule has 0 spiro atoms. The summed E-state index contributed by atoms with van der Waals surface area (Å²) in [6, 6.07) is 1.13. The molecule has 9 heteroatoms. The van der Waals surface area contributed by atoms with E-state index in [9.17, 15) is 18.0 Å². The van der Waals surface area contributed by atoms with Gasteiger partial charge < -0.3 is 5.32 Å². The lowest BCUT2D eigenvalue weighted by Crippen LogP contribution is -2.44. The smallest absolute Gasteiger partial charge is 0.283 e. The quantitative estimate of drug-likeness (QED) is 0.576. The molecular formula is C23H32N4O4S. The van der Waals surface area contributed by atoms with Crippen LogP contribution < -0.4 is 10.0 Å². The molecule has 0 radical (unpaired) electrons. The predicted molar refractivity (Wildman–Crippen MR) is 121 cm³/mol. The maximum absolute atomic E-state index is 12.7. The van der Waals surface area contributed by atoms with Gasteiger partial charge in [-0.05, 0) is 44.1 Å². The highest BCUT2D eigenvalue weighted by atomic mass is 32.2. The van der Waals surface area contributed by atoms with Crippen LogP contribution in [0.25, 0.3) is 0 Å². The number of carbonyl (C=O) groups excluding carboxylic acids is 2. The molecule has 2 amide bonds. The summed E-state index contributed by atoms with van der Waals surface area (Å²) in [5, 5.41) is 2.23. The maximum Gasteiger partial charge on any atom is 0.283 e. The number of carbonyl (C=O) groups is 2. The molecule has 32 heavy (non-hydrogen) atoms.